The van der Waals surface area contributed by atoms with Crippen LogP contribution in [0, 0.1) is 23.3 Å². The highest BCUT2D eigenvalue weighted by atomic mass is 28.3. The topological polar surface area (TPSA) is 27.7 Å². The van der Waals surface area contributed by atoms with Crippen molar-refractivity contribution in [3.05, 3.63) is 34.9 Å². The summed E-state index contributed by atoms with van der Waals surface area (Å²) in [6.45, 7) is 1.91. The zero-order chi connectivity index (χ0) is 17.4. The third-order valence-corrected chi connectivity index (χ3v) is 4.92. The van der Waals surface area contributed by atoms with E-state index in [4.69, 9.17) is 13.3 Å². The Labute approximate surface area is 135 Å². The molecule has 0 aliphatic heterocycles. The second-order valence-corrected chi connectivity index (χ2v) is 7.06. The maximum atomic E-state index is 13.5. The van der Waals surface area contributed by atoms with Gasteiger partial charge in [-0.3, -0.25) is 0 Å². The number of halogens is 4. The molecule has 0 saturated heterocycles. The number of rotatable bonds is 10. The Balaban J connectivity index is 2.33. The quantitative estimate of drug-likeness (QED) is 0.211. The van der Waals surface area contributed by atoms with Gasteiger partial charge in [0.05, 0.1) is 0 Å². The highest BCUT2D eigenvalue weighted by Gasteiger charge is 2.18. The first-order valence-corrected chi connectivity index (χ1v) is 8.85. The smallest absolute Gasteiger partial charge is 0.379 e. The van der Waals surface area contributed by atoms with Gasteiger partial charge in [0.1, 0.15) is 0 Å². The van der Waals surface area contributed by atoms with Crippen LogP contribution in [0.2, 0.25) is 0 Å². The van der Waals surface area contributed by atoms with Crippen LogP contribution in [0.4, 0.5) is 17.6 Å². The zero-order valence-corrected chi connectivity index (χ0v) is 14.7. The largest absolute Gasteiger partial charge is 0.483 e. The van der Waals surface area contributed by atoms with Crippen molar-refractivity contribution in [2.45, 2.75) is 45.1 Å². The molecule has 0 aliphatic rings. The maximum Gasteiger partial charge on any atom is 0.483 e. The molecule has 8 heteroatoms. The third-order valence-electron chi connectivity index (χ3n) is 3.46. The minimum absolute atomic E-state index is 0.0241. The summed E-state index contributed by atoms with van der Waals surface area (Å²) < 4.78 is 68.2. The van der Waals surface area contributed by atoms with Crippen LogP contribution in [0.15, 0.2) is 6.07 Å². The van der Waals surface area contributed by atoms with Gasteiger partial charge in [-0.2, -0.15) is 0 Å². The van der Waals surface area contributed by atoms with Crippen molar-refractivity contribution in [1.29, 1.82) is 0 Å². The van der Waals surface area contributed by atoms with Gasteiger partial charge in [-0.25, -0.2) is 17.6 Å². The average molecular weight is 354 g/mol. The number of hydrogen-bond acceptors (Lipinski definition) is 3. The summed E-state index contributed by atoms with van der Waals surface area (Å²) in [7, 11) is 1.01. The molecule has 0 spiro atoms. The van der Waals surface area contributed by atoms with Crippen LogP contribution < -0.4 is 0 Å². The molecule has 0 saturated carbocycles. The molecule has 23 heavy (non-hydrogen) atoms. The normalized spacial score (nSPS) is 12.9. The van der Waals surface area contributed by atoms with Gasteiger partial charge < -0.3 is 13.3 Å². The zero-order valence-electron chi connectivity index (χ0n) is 13.5. The van der Waals surface area contributed by atoms with Crippen LogP contribution in [-0.2, 0) is 19.7 Å². The van der Waals surface area contributed by atoms with Crippen molar-refractivity contribution in [2.75, 3.05) is 14.2 Å². The molecule has 0 heterocycles. The maximum absolute atomic E-state index is 13.5. The molecular weight excluding hydrogens is 332 g/mol. The summed E-state index contributed by atoms with van der Waals surface area (Å²) in [5, 5.41) is 0. The molecule has 0 N–H and O–H groups in total. The standard InChI is InChI=1S/C15H22F4O3Si/c1-10(22-23(20-2)21-3)7-5-4-6-8-11-9-12(16)14(18)15(19)13(11)17/h9-10,23H,4-8H2,1-3H3. The molecule has 0 fully saturated rings. The molecule has 3 nitrogen and oxygen atoms in total. The molecule has 0 aromatic heterocycles. The average Bonchev–Trinajstić information content (AvgIpc) is 2.54. The van der Waals surface area contributed by atoms with E-state index < -0.39 is 32.8 Å². The fourth-order valence-corrected chi connectivity index (χ4v) is 3.12. The van der Waals surface area contributed by atoms with Crippen LogP contribution in [0.1, 0.15) is 38.2 Å². The van der Waals surface area contributed by atoms with Crippen molar-refractivity contribution < 1.29 is 30.8 Å². The molecule has 1 aromatic rings. The molecule has 1 unspecified atom stereocenters. The SMILES string of the molecule is CO[SiH](OC)OC(C)CCCCCc1cc(F)c(F)c(F)c1F. The van der Waals surface area contributed by atoms with Crippen molar-refractivity contribution in [2.24, 2.45) is 0 Å². The van der Waals surface area contributed by atoms with Crippen LogP contribution in [0.5, 0.6) is 0 Å². The summed E-state index contributed by atoms with van der Waals surface area (Å²) in [6, 6.07) is 0.715. The van der Waals surface area contributed by atoms with Crippen LogP contribution in [-0.4, -0.2) is 29.9 Å². The lowest BCUT2D eigenvalue weighted by molar-refractivity contribution is 0.0893. The lowest BCUT2D eigenvalue weighted by atomic mass is 10.0. The van der Waals surface area contributed by atoms with Gasteiger partial charge >= 0.3 is 9.53 Å². The predicted molar refractivity (Wildman–Crippen MR) is 80.2 cm³/mol. The lowest BCUT2D eigenvalue weighted by Gasteiger charge is -2.17. The fourth-order valence-electron chi connectivity index (χ4n) is 2.19. The summed E-state index contributed by atoms with van der Waals surface area (Å²) in [6.07, 6.45) is 2.99. The van der Waals surface area contributed by atoms with Gasteiger partial charge in [0.25, 0.3) is 0 Å². The fraction of sp³-hybridized carbons (Fsp3) is 0.600. The lowest BCUT2D eigenvalue weighted by Crippen LogP contribution is -2.28. The molecule has 0 bridgehead atoms. The number of unbranched alkanes of at least 4 members (excludes halogenated alkanes) is 2. The van der Waals surface area contributed by atoms with Crippen molar-refractivity contribution in [1.82, 2.24) is 0 Å². The first-order chi connectivity index (χ1) is 10.9. The van der Waals surface area contributed by atoms with Crippen molar-refractivity contribution in [3.8, 4) is 0 Å². The van der Waals surface area contributed by atoms with Crippen molar-refractivity contribution in [3.63, 3.8) is 0 Å². The van der Waals surface area contributed by atoms with E-state index in [1.54, 1.807) is 0 Å². The Morgan fingerprint density at radius 3 is 2.22 bits per heavy atom. The van der Waals surface area contributed by atoms with E-state index in [9.17, 15) is 17.6 Å². The van der Waals surface area contributed by atoms with Crippen LogP contribution in [0.25, 0.3) is 0 Å². The van der Waals surface area contributed by atoms with Gasteiger partial charge in [0.15, 0.2) is 23.3 Å². The van der Waals surface area contributed by atoms with E-state index in [1.165, 1.54) is 14.2 Å². The van der Waals surface area contributed by atoms with E-state index >= 15 is 0 Å². The first-order valence-electron chi connectivity index (χ1n) is 7.43. The van der Waals surface area contributed by atoms with Gasteiger partial charge in [0, 0.05) is 20.3 Å². The summed E-state index contributed by atoms with van der Waals surface area (Å²) in [4.78, 5) is 0. The summed E-state index contributed by atoms with van der Waals surface area (Å²) >= 11 is 0. The van der Waals surface area contributed by atoms with E-state index in [2.05, 4.69) is 0 Å². The highest BCUT2D eigenvalue weighted by molar-refractivity contribution is 6.36. The van der Waals surface area contributed by atoms with Gasteiger partial charge in [-0.15, -0.1) is 0 Å². The predicted octanol–water partition coefficient (Wildman–Crippen LogP) is 3.76. The Morgan fingerprint density at radius 2 is 1.61 bits per heavy atom. The van der Waals surface area contributed by atoms with E-state index in [-0.39, 0.29) is 18.1 Å². The summed E-state index contributed by atoms with van der Waals surface area (Å²) in [5.74, 6) is -6.20. The third kappa shape index (κ3) is 6.21. The van der Waals surface area contributed by atoms with Crippen LogP contribution in [0.3, 0.4) is 0 Å². The Hall–Kier alpha value is -0.963. The molecule has 1 aromatic carbocycles. The molecule has 0 radical (unpaired) electrons. The van der Waals surface area contributed by atoms with Gasteiger partial charge in [0.2, 0.25) is 0 Å². The molecule has 0 amide bonds. The number of aryl methyl sites for hydroxylation is 1. The van der Waals surface area contributed by atoms with E-state index in [0.29, 0.717) is 12.5 Å². The second-order valence-electron chi connectivity index (χ2n) is 5.27. The molecule has 1 rings (SSSR count). The highest BCUT2D eigenvalue weighted by Crippen LogP contribution is 2.20. The minimum Gasteiger partial charge on any atom is -0.379 e. The molecule has 1 atom stereocenters. The minimum atomic E-state index is -2.05. The number of hydrogen-bond donors (Lipinski definition) is 0. The number of benzene rings is 1. The van der Waals surface area contributed by atoms with Crippen LogP contribution >= 0.6 is 0 Å². The summed E-state index contributed by atoms with van der Waals surface area (Å²) in [5.41, 5.74) is -0.142. The monoisotopic (exact) mass is 354 g/mol. The molecular formula is C15H22F4O3Si. The molecule has 0 aliphatic carbocycles. The Bertz CT molecular complexity index is 498. The van der Waals surface area contributed by atoms with E-state index in [1.807, 2.05) is 6.92 Å². The Kier molecular flexibility index (Phi) is 8.75. The first kappa shape index (κ1) is 20.1. The Morgan fingerprint density at radius 1 is 0.957 bits per heavy atom. The van der Waals surface area contributed by atoms with E-state index in [0.717, 1.165) is 19.3 Å². The second kappa shape index (κ2) is 10.0. The van der Waals surface area contributed by atoms with Gasteiger partial charge in [-0.05, 0) is 37.8 Å². The van der Waals surface area contributed by atoms with Gasteiger partial charge in [-0.1, -0.05) is 12.8 Å². The molecule has 132 valence electrons. The van der Waals surface area contributed by atoms with Crippen molar-refractivity contribution >= 4 is 9.53 Å².